The van der Waals surface area contributed by atoms with Crippen molar-refractivity contribution in [1.29, 1.82) is 10.5 Å². The Bertz CT molecular complexity index is 2750. The van der Waals surface area contributed by atoms with Crippen LogP contribution in [0, 0.1) is 22.7 Å². The van der Waals surface area contributed by atoms with Gasteiger partial charge in [0.15, 0.2) is 0 Å². The number of hydrogen-bond donors (Lipinski definition) is 0. The molecule has 2 heterocycles. The highest BCUT2D eigenvalue weighted by atomic mass is 15.0. The summed E-state index contributed by atoms with van der Waals surface area (Å²) in [6.45, 7) is 0. The van der Waals surface area contributed by atoms with E-state index in [1.807, 2.05) is 48.5 Å². The van der Waals surface area contributed by atoms with E-state index in [1.54, 1.807) is 0 Å². The van der Waals surface area contributed by atoms with Gasteiger partial charge in [-0.3, -0.25) is 0 Å². The van der Waals surface area contributed by atoms with E-state index in [1.165, 1.54) is 10.8 Å². The molecule has 2 aromatic heterocycles. The lowest BCUT2D eigenvalue weighted by Gasteiger charge is -2.22. The first-order valence-corrected chi connectivity index (χ1v) is 15.9. The topological polar surface area (TPSA) is 57.4 Å². The van der Waals surface area contributed by atoms with E-state index < -0.39 is 0 Å². The molecule has 9 rings (SSSR count). The first-order valence-electron chi connectivity index (χ1n) is 15.9. The van der Waals surface area contributed by atoms with Crippen molar-refractivity contribution >= 4 is 43.6 Å². The highest BCUT2D eigenvalue weighted by Crippen LogP contribution is 2.45. The molecule has 9 aromatic rings. The van der Waals surface area contributed by atoms with Gasteiger partial charge in [-0.1, -0.05) is 109 Å². The second-order valence-electron chi connectivity index (χ2n) is 11.9. The summed E-state index contributed by atoms with van der Waals surface area (Å²) in [6, 6.07) is 59.0. The molecule has 4 nitrogen and oxygen atoms in total. The molecule has 0 aliphatic carbocycles. The SMILES string of the molecule is N#Cc1ccc2c(c1)c1ccccc1n2-c1c(C#N)cccc1-c1c(-c2ccccc2)cccc1-n1c2ccccc2c2ccccc21. The van der Waals surface area contributed by atoms with Gasteiger partial charge in [0, 0.05) is 32.7 Å². The molecule has 0 saturated heterocycles. The molecule has 0 fully saturated rings. The number of fused-ring (bicyclic) bond motifs is 6. The van der Waals surface area contributed by atoms with Gasteiger partial charge in [0.2, 0.25) is 0 Å². The summed E-state index contributed by atoms with van der Waals surface area (Å²) in [6.07, 6.45) is 0. The number of aromatic nitrogens is 2. The van der Waals surface area contributed by atoms with Gasteiger partial charge in [-0.15, -0.1) is 0 Å². The quantitative estimate of drug-likeness (QED) is 0.199. The number of nitrogens with zero attached hydrogens (tertiary/aromatic N) is 4. The minimum atomic E-state index is 0.565. The van der Waals surface area contributed by atoms with E-state index in [0.29, 0.717) is 11.1 Å². The van der Waals surface area contributed by atoms with Crippen LogP contribution in [0.2, 0.25) is 0 Å². The van der Waals surface area contributed by atoms with Crippen LogP contribution in [0.1, 0.15) is 11.1 Å². The highest BCUT2D eigenvalue weighted by molar-refractivity contribution is 6.12. The van der Waals surface area contributed by atoms with Gasteiger partial charge in [-0.05, 0) is 59.7 Å². The molecule has 0 unspecified atom stereocenters. The molecule has 0 saturated carbocycles. The van der Waals surface area contributed by atoms with E-state index in [2.05, 4.69) is 130 Å². The van der Waals surface area contributed by atoms with Gasteiger partial charge < -0.3 is 9.13 Å². The molecule has 0 N–H and O–H groups in total. The van der Waals surface area contributed by atoms with Crippen LogP contribution in [0.4, 0.5) is 0 Å². The molecular formula is C44H26N4. The molecule has 7 aromatic carbocycles. The van der Waals surface area contributed by atoms with Crippen molar-refractivity contribution in [2.24, 2.45) is 0 Å². The van der Waals surface area contributed by atoms with Crippen molar-refractivity contribution in [1.82, 2.24) is 9.13 Å². The smallest absolute Gasteiger partial charge is 0.101 e. The zero-order chi connectivity index (χ0) is 32.2. The number of para-hydroxylation sites is 4. The van der Waals surface area contributed by atoms with Crippen LogP contribution in [0.25, 0.3) is 77.2 Å². The van der Waals surface area contributed by atoms with Crippen molar-refractivity contribution in [3.05, 3.63) is 169 Å². The largest absolute Gasteiger partial charge is 0.309 e. The molecule has 0 atom stereocenters. The Morgan fingerprint density at radius 1 is 0.417 bits per heavy atom. The predicted octanol–water partition coefficient (Wildman–Crippen LogP) is 11.0. The zero-order valence-electron chi connectivity index (χ0n) is 25.8. The molecule has 0 amide bonds. The number of hydrogen-bond acceptors (Lipinski definition) is 2. The highest BCUT2D eigenvalue weighted by Gasteiger charge is 2.24. The first kappa shape index (κ1) is 27.4. The fraction of sp³-hybridized carbons (Fsp3) is 0. The summed E-state index contributed by atoms with van der Waals surface area (Å²) in [5.74, 6) is 0. The normalized spacial score (nSPS) is 11.3. The fourth-order valence-electron chi connectivity index (χ4n) is 7.41. The van der Waals surface area contributed by atoms with Gasteiger partial charge in [-0.25, -0.2) is 0 Å². The van der Waals surface area contributed by atoms with Crippen molar-refractivity contribution in [3.8, 4) is 45.8 Å². The summed E-state index contributed by atoms with van der Waals surface area (Å²) in [5, 5.41) is 24.9. The van der Waals surface area contributed by atoms with Crippen molar-refractivity contribution < 1.29 is 0 Å². The average Bonchev–Trinajstić information content (AvgIpc) is 3.67. The van der Waals surface area contributed by atoms with E-state index >= 15 is 0 Å². The van der Waals surface area contributed by atoms with E-state index in [9.17, 15) is 10.5 Å². The van der Waals surface area contributed by atoms with E-state index in [-0.39, 0.29) is 0 Å². The molecule has 48 heavy (non-hydrogen) atoms. The second-order valence-corrected chi connectivity index (χ2v) is 11.9. The van der Waals surface area contributed by atoms with Gasteiger partial charge in [0.05, 0.1) is 50.6 Å². The third-order valence-corrected chi connectivity index (χ3v) is 9.40. The maximum Gasteiger partial charge on any atom is 0.101 e. The van der Waals surface area contributed by atoms with Crippen molar-refractivity contribution in [2.45, 2.75) is 0 Å². The zero-order valence-corrected chi connectivity index (χ0v) is 25.8. The van der Waals surface area contributed by atoms with Crippen LogP contribution in [0.3, 0.4) is 0 Å². The Balaban J connectivity index is 1.47. The Morgan fingerprint density at radius 3 is 1.65 bits per heavy atom. The Kier molecular flexibility index (Phi) is 6.22. The molecule has 222 valence electrons. The van der Waals surface area contributed by atoms with Gasteiger partial charge in [-0.2, -0.15) is 10.5 Å². The second kappa shape index (κ2) is 10.9. The average molecular weight is 611 g/mol. The van der Waals surface area contributed by atoms with Crippen LogP contribution in [0.15, 0.2) is 158 Å². The standard InChI is InChI=1S/C44H26N4/c45-27-29-24-25-41-37(26-29)35-17-6-9-22-40(35)48(41)44-31(28-46)14-10-19-36(44)43-32(30-12-2-1-3-13-30)18-11-23-42(43)47-38-20-7-4-15-33(38)34-16-5-8-21-39(34)47/h1-26H. The number of benzene rings is 7. The molecule has 0 aliphatic heterocycles. The monoisotopic (exact) mass is 610 g/mol. The summed E-state index contributed by atoms with van der Waals surface area (Å²) in [5.41, 5.74) is 11.3. The third-order valence-electron chi connectivity index (χ3n) is 9.40. The van der Waals surface area contributed by atoms with Gasteiger partial charge in [0.25, 0.3) is 0 Å². The van der Waals surface area contributed by atoms with Crippen LogP contribution in [0.5, 0.6) is 0 Å². The lowest BCUT2D eigenvalue weighted by Crippen LogP contribution is -2.05. The fourth-order valence-corrected chi connectivity index (χ4v) is 7.41. The van der Waals surface area contributed by atoms with Crippen LogP contribution in [-0.4, -0.2) is 9.13 Å². The third kappa shape index (κ3) is 4.01. The van der Waals surface area contributed by atoms with Gasteiger partial charge in [0.1, 0.15) is 6.07 Å². The van der Waals surface area contributed by atoms with Gasteiger partial charge >= 0.3 is 0 Å². The van der Waals surface area contributed by atoms with Crippen LogP contribution in [-0.2, 0) is 0 Å². The summed E-state index contributed by atoms with van der Waals surface area (Å²) in [4.78, 5) is 0. The summed E-state index contributed by atoms with van der Waals surface area (Å²) in [7, 11) is 0. The maximum atomic E-state index is 10.7. The molecule has 4 heteroatoms. The molecule has 0 spiro atoms. The number of nitriles is 2. The Labute approximate surface area is 277 Å². The molecular weight excluding hydrogens is 585 g/mol. The van der Waals surface area contributed by atoms with E-state index in [4.69, 9.17) is 0 Å². The van der Waals surface area contributed by atoms with E-state index in [0.717, 1.165) is 66.5 Å². The Hall–Kier alpha value is -6.88. The lowest BCUT2D eigenvalue weighted by atomic mass is 9.90. The minimum Gasteiger partial charge on any atom is -0.309 e. The summed E-state index contributed by atoms with van der Waals surface area (Å²) < 4.78 is 4.57. The molecule has 0 bridgehead atoms. The van der Waals surface area contributed by atoms with Crippen LogP contribution >= 0.6 is 0 Å². The summed E-state index contributed by atoms with van der Waals surface area (Å²) >= 11 is 0. The van der Waals surface area contributed by atoms with Crippen molar-refractivity contribution in [3.63, 3.8) is 0 Å². The minimum absolute atomic E-state index is 0.565. The first-order chi connectivity index (χ1) is 23.8. The Morgan fingerprint density at radius 2 is 0.979 bits per heavy atom. The van der Waals surface area contributed by atoms with Crippen molar-refractivity contribution in [2.75, 3.05) is 0 Å². The molecule has 0 aliphatic rings. The molecule has 0 radical (unpaired) electrons. The predicted molar refractivity (Wildman–Crippen MR) is 195 cm³/mol. The van der Waals surface area contributed by atoms with Crippen LogP contribution < -0.4 is 0 Å². The maximum absolute atomic E-state index is 10.7. The number of rotatable bonds is 4. The lowest BCUT2D eigenvalue weighted by molar-refractivity contribution is 1.15.